The first-order valence-corrected chi connectivity index (χ1v) is 7.40. The van der Waals surface area contributed by atoms with Gasteiger partial charge in [-0.2, -0.15) is 0 Å². The smallest absolute Gasteiger partial charge is 0.0441 e. The van der Waals surface area contributed by atoms with Gasteiger partial charge < -0.3 is 5.73 Å². The van der Waals surface area contributed by atoms with Gasteiger partial charge in [0.1, 0.15) is 0 Å². The number of hydrogen-bond acceptors (Lipinski definition) is 1. The van der Waals surface area contributed by atoms with Crippen molar-refractivity contribution in [2.75, 3.05) is 0 Å². The molecule has 1 aliphatic carbocycles. The molecule has 1 nitrogen and oxygen atoms in total. The Morgan fingerprint density at radius 3 is 2.83 bits per heavy atom. The molecule has 2 heteroatoms. The van der Waals surface area contributed by atoms with Crippen molar-refractivity contribution >= 4 is 11.6 Å². The second-order valence-corrected chi connectivity index (χ2v) is 6.58. The van der Waals surface area contributed by atoms with Gasteiger partial charge >= 0.3 is 0 Å². The normalized spacial score (nSPS) is 29.0. The minimum Gasteiger partial charge on any atom is -0.325 e. The Morgan fingerprint density at radius 2 is 2.11 bits per heavy atom. The van der Waals surface area contributed by atoms with Crippen molar-refractivity contribution in [1.29, 1.82) is 0 Å². The Kier molecular flexibility index (Phi) is 4.34. The molecule has 2 unspecified atom stereocenters. The topological polar surface area (TPSA) is 26.0 Å². The van der Waals surface area contributed by atoms with E-state index in [0.29, 0.717) is 0 Å². The lowest BCUT2D eigenvalue weighted by Crippen LogP contribution is -2.41. The summed E-state index contributed by atoms with van der Waals surface area (Å²) in [6, 6.07) is 6.31. The minimum absolute atomic E-state index is 0.0519. The molecule has 2 N–H and O–H groups in total. The lowest BCUT2D eigenvalue weighted by molar-refractivity contribution is 0.363. The molecule has 2 rings (SSSR count). The minimum atomic E-state index is -0.0519. The molecule has 18 heavy (non-hydrogen) atoms. The van der Waals surface area contributed by atoms with Crippen LogP contribution < -0.4 is 5.73 Å². The predicted molar refractivity (Wildman–Crippen MR) is 79.1 cm³/mol. The molecular formula is C16H24ClN. The molecule has 0 aromatic heterocycles. The monoisotopic (exact) mass is 265 g/mol. The Morgan fingerprint density at radius 1 is 1.33 bits per heavy atom. The molecular weight excluding hydrogens is 242 g/mol. The van der Waals surface area contributed by atoms with Gasteiger partial charge in [0.2, 0.25) is 0 Å². The number of aryl methyl sites for hydroxylation is 1. The summed E-state index contributed by atoms with van der Waals surface area (Å²) in [5, 5.41) is 0.872. The SMILES string of the molecule is Cc1ccc(CC2(N)CCCC(C)CC2)c(Cl)c1. The summed E-state index contributed by atoms with van der Waals surface area (Å²) in [6.45, 7) is 4.41. The Balaban J connectivity index is 2.11. The molecule has 0 aliphatic heterocycles. The maximum absolute atomic E-state index is 6.60. The predicted octanol–water partition coefficient (Wildman–Crippen LogP) is 4.49. The van der Waals surface area contributed by atoms with E-state index in [1.54, 1.807) is 0 Å². The van der Waals surface area contributed by atoms with Gasteiger partial charge in [0, 0.05) is 10.6 Å². The van der Waals surface area contributed by atoms with Crippen LogP contribution in [0.5, 0.6) is 0 Å². The lowest BCUT2D eigenvalue weighted by atomic mass is 9.84. The van der Waals surface area contributed by atoms with Gasteiger partial charge in [-0.3, -0.25) is 0 Å². The molecule has 0 heterocycles. The average Bonchev–Trinajstić information content (AvgIpc) is 2.46. The zero-order valence-electron chi connectivity index (χ0n) is 11.5. The highest BCUT2D eigenvalue weighted by molar-refractivity contribution is 6.31. The summed E-state index contributed by atoms with van der Waals surface area (Å²) in [5.74, 6) is 0.823. The fraction of sp³-hybridized carbons (Fsp3) is 0.625. The Hall–Kier alpha value is -0.530. The van der Waals surface area contributed by atoms with Crippen molar-refractivity contribution in [2.45, 2.75) is 57.9 Å². The second kappa shape index (κ2) is 5.63. The van der Waals surface area contributed by atoms with Gasteiger partial charge in [0.25, 0.3) is 0 Å². The van der Waals surface area contributed by atoms with Crippen LogP contribution in [-0.2, 0) is 6.42 Å². The molecule has 0 radical (unpaired) electrons. The first-order chi connectivity index (χ1) is 8.48. The van der Waals surface area contributed by atoms with E-state index < -0.39 is 0 Å². The molecule has 1 aliphatic rings. The summed E-state index contributed by atoms with van der Waals surface area (Å²) >= 11 is 6.32. The first-order valence-electron chi connectivity index (χ1n) is 7.02. The maximum atomic E-state index is 6.60. The summed E-state index contributed by atoms with van der Waals surface area (Å²) in [7, 11) is 0. The van der Waals surface area contributed by atoms with E-state index in [9.17, 15) is 0 Å². The molecule has 1 fully saturated rings. The van der Waals surface area contributed by atoms with Crippen molar-refractivity contribution in [1.82, 2.24) is 0 Å². The number of halogens is 1. The Bertz CT molecular complexity index is 416. The third-order valence-electron chi connectivity index (χ3n) is 4.26. The standard InChI is InChI=1S/C16H24ClN/c1-12-4-3-8-16(18,9-7-12)11-14-6-5-13(2)10-15(14)17/h5-6,10,12H,3-4,7-9,11,18H2,1-2H3. The summed E-state index contributed by atoms with van der Waals surface area (Å²) < 4.78 is 0. The van der Waals surface area contributed by atoms with Crippen LogP contribution in [0.3, 0.4) is 0 Å². The molecule has 0 bridgehead atoms. The van der Waals surface area contributed by atoms with Gasteiger partial charge in [-0.05, 0) is 55.7 Å². The van der Waals surface area contributed by atoms with Crippen LogP contribution in [0.1, 0.15) is 50.2 Å². The highest BCUT2D eigenvalue weighted by Crippen LogP contribution is 2.32. The third kappa shape index (κ3) is 3.49. The molecule has 1 saturated carbocycles. The van der Waals surface area contributed by atoms with Crippen LogP contribution in [0.4, 0.5) is 0 Å². The highest BCUT2D eigenvalue weighted by Gasteiger charge is 2.28. The first kappa shape index (κ1) is 13.9. The van der Waals surface area contributed by atoms with E-state index in [4.69, 9.17) is 17.3 Å². The molecule has 1 aromatic carbocycles. The van der Waals surface area contributed by atoms with E-state index in [0.717, 1.165) is 30.2 Å². The average molecular weight is 266 g/mol. The molecule has 0 amide bonds. The van der Waals surface area contributed by atoms with E-state index in [-0.39, 0.29) is 5.54 Å². The molecule has 0 saturated heterocycles. The van der Waals surface area contributed by atoms with Gasteiger partial charge in [-0.25, -0.2) is 0 Å². The largest absolute Gasteiger partial charge is 0.325 e. The van der Waals surface area contributed by atoms with E-state index in [1.807, 2.05) is 6.07 Å². The second-order valence-electron chi connectivity index (χ2n) is 6.17. The molecule has 100 valence electrons. The van der Waals surface area contributed by atoms with Crippen molar-refractivity contribution in [3.63, 3.8) is 0 Å². The zero-order chi connectivity index (χ0) is 13.2. The van der Waals surface area contributed by atoms with Crippen molar-refractivity contribution in [3.8, 4) is 0 Å². The molecule has 2 atom stereocenters. The third-order valence-corrected chi connectivity index (χ3v) is 4.61. The van der Waals surface area contributed by atoms with Crippen molar-refractivity contribution < 1.29 is 0 Å². The maximum Gasteiger partial charge on any atom is 0.0441 e. The van der Waals surface area contributed by atoms with Crippen LogP contribution in [-0.4, -0.2) is 5.54 Å². The lowest BCUT2D eigenvalue weighted by Gasteiger charge is -2.28. The fourth-order valence-electron chi connectivity index (χ4n) is 2.96. The molecule has 1 aromatic rings. The number of nitrogens with two attached hydrogens (primary N) is 1. The fourth-order valence-corrected chi connectivity index (χ4v) is 3.26. The van der Waals surface area contributed by atoms with Gasteiger partial charge in [0.15, 0.2) is 0 Å². The summed E-state index contributed by atoms with van der Waals surface area (Å²) in [4.78, 5) is 0. The van der Waals surface area contributed by atoms with Crippen molar-refractivity contribution in [2.24, 2.45) is 11.7 Å². The quantitative estimate of drug-likeness (QED) is 0.784. The summed E-state index contributed by atoms with van der Waals surface area (Å²) in [6.07, 6.45) is 6.99. The highest BCUT2D eigenvalue weighted by atomic mass is 35.5. The van der Waals surface area contributed by atoms with Crippen LogP contribution >= 0.6 is 11.6 Å². The number of benzene rings is 1. The zero-order valence-corrected chi connectivity index (χ0v) is 12.3. The van der Waals surface area contributed by atoms with Gasteiger partial charge in [0.05, 0.1) is 0 Å². The van der Waals surface area contributed by atoms with Crippen LogP contribution in [0.15, 0.2) is 18.2 Å². The number of hydrogen-bond donors (Lipinski definition) is 1. The van der Waals surface area contributed by atoms with E-state index >= 15 is 0 Å². The van der Waals surface area contributed by atoms with E-state index in [1.165, 1.54) is 30.4 Å². The van der Waals surface area contributed by atoms with Gasteiger partial charge in [-0.15, -0.1) is 0 Å². The van der Waals surface area contributed by atoms with Crippen molar-refractivity contribution in [3.05, 3.63) is 34.3 Å². The Labute approximate surface area is 116 Å². The van der Waals surface area contributed by atoms with Crippen LogP contribution in [0.2, 0.25) is 5.02 Å². The van der Waals surface area contributed by atoms with Crippen LogP contribution in [0.25, 0.3) is 0 Å². The van der Waals surface area contributed by atoms with E-state index in [2.05, 4.69) is 26.0 Å². The van der Waals surface area contributed by atoms with Gasteiger partial charge in [-0.1, -0.05) is 43.5 Å². The molecule has 0 spiro atoms. The van der Waals surface area contributed by atoms with Crippen LogP contribution in [0, 0.1) is 12.8 Å². The number of rotatable bonds is 2. The summed E-state index contributed by atoms with van der Waals surface area (Å²) in [5.41, 5.74) is 8.97.